The maximum Gasteiger partial charge on any atom is 0.305 e. The van der Waals surface area contributed by atoms with Crippen molar-refractivity contribution >= 4 is 23.2 Å². The molecule has 0 radical (unpaired) electrons. The normalized spacial score (nSPS) is 12.0. The molecular weight excluding hydrogens is 292 g/mol. The van der Waals surface area contributed by atoms with Crippen LogP contribution in [0.1, 0.15) is 36.7 Å². The third-order valence-electron chi connectivity index (χ3n) is 2.90. The number of carbonyl (C=O) groups is 2. The van der Waals surface area contributed by atoms with Crippen LogP contribution in [0.3, 0.4) is 0 Å². The summed E-state index contributed by atoms with van der Waals surface area (Å²) >= 11 is 1.49. The molecule has 0 aliphatic rings. The molecule has 0 bridgehead atoms. The Labute approximate surface area is 125 Å². The van der Waals surface area contributed by atoms with E-state index in [0.29, 0.717) is 12.2 Å². The minimum atomic E-state index is -0.937. The summed E-state index contributed by atoms with van der Waals surface area (Å²) < 4.78 is 5.14. The van der Waals surface area contributed by atoms with E-state index in [1.165, 1.54) is 11.3 Å². The van der Waals surface area contributed by atoms with Crippen LogP contribution >= 0.6 is 11.3 Å². The molecule has 0 aliphatic heterocycles. The lowest BCUT2D eigenvalue weighted by atomic mass is 10.1. The standard InChI is InChI=1S/C14H16N2O4S/c1-2-4-9(7-13(17)18)15-14(19)10-8-11(20-16-10)12-5-3-6-21-12/h3,5-6,8-9H,2,4,7H2,1H3,(H,15,19)(H,17,18). The molecule has 112 valence electrons. The Morgan fingerprint density at radius 2 is 2.33 bits per heavy atom. The van der Waals surface area contributed by atoms with Gasteiger partial charge in [0.2, 0.25) is 0 Å². The van der Waals surface area contributed by atoms with Crippen molar-refractivity contribution in [2.75, 3.05) is 0 Å². The Bertz CT molecular complexity index is 606. The Balaban J connectivity index is 2.03. The number of hydrogen-bond donors (Lipinski definition) is 2. The van der Waals surface area contributed by atoms with Gasteiger partial charge in [0.15, 0.2) is 11.5 Å². The van der Waals surface area contributed by atoms with Crippen molar-refractivity contribution in [3.05, 3.63) is 29.3 Å². The number of amides is 1. The second kappa shape index (κ2) is 7.03. The molecule has 21 heavy (non-hydrogen) atoms. The van der Waals surface area contributed by atoms with Gasteiger partial charge < -0.3 is 14.9 Å². The molecule has 0 saturated carbocycles. The van der Waals surface area contributed by atoms with E-state index in [1.54, 1.807) is 6.07 Å². The third-order valence-corrected chi connectivity index (χ3v) is 3.78. The highest BCUT2D eigenvalue weighted by Gasteiger charge is 2.19. The van der Waals surface area contributed by atoms with Crippen molar-refractivity contribution in [2.45, 2.75) is 32.2 Å². The number of nitrogens with one attached hydrogen (secondary N) is 1. The first-order chi connectivity index (χ1) is 10.1. The topological polar surface area (TPSA) is 92.4 Å². The van der Waals surface area contributed by atoms with Gasteiger partial charge in [0.1, 0.15) is 0 Å². The number of aromatic nitrogens is 1. The van der Waals surface area contributed by atoms with Crippen molar-refractivity contribution in [3.63, 3.8) is 0 Å². The largest absolute Gasteiger partial charge is 0.481 e. The summed E-state index contributed by atoms with van der Waals surface area (Å²) in [7, 11) is 0. The van der Waals surface area contributed by atoms with Crippen molar-refractivity contribution < 1.29 is 19.2 Å². The second-order valence-corrected chi connectivity index (χ2v) is 5.56. The number of nitrogens with zero attached hydrogens (tertiary/aromatic N) is 1. The van der Waals surface area contributed by atoms with Crippen LogP contribution in [0.4, 0.5) is 0 Å². The number of hydrogen-bond acceptors (Lipinski definition) is 5. The van der Waals surface area contributed by atoms with E-state index in [0.717, 1.165) is 11.3 Å². The molecule has 2 N–H and O–H groups in total. The number of carboxylic acids is 1. The van der Waals surface area contributed by atoms with Gasteiger partial charge in [-0.2, -0.15) is 0 Å². The Hall–Kier alpha value is -2.15. The number of thiophene rings is 1. The molecular formula is C14H16N2O4S. The Kier molecular flexibility index (Phi) is 5.10. The van der Waals surface area contributed by atoms with Gasteiger partial charge in [0, 0.05) is 12.1 Å². The molecule has 1 atom stereocenters. The van der Waals surface area contributed by atoms with Crippen LogP contribution in [0.2, 0.25) is 0 Å². The fourth-order valence-corrected chi connectivity index (χ4v) is 2.63. The molecule has 1 amide bonds. The van der Waals surface area contributed by atoms with E-state index in [-0.39, 0.29) is 12.1 Å². The average molecular weight is 308 g/mol. The SMILES string of the molecule is CCCC(CC(=O)O)NC(=O)c1cc(-c2cccs2)on1. The minimum Gasteiger partial charge on any atom is -0.481 e. The summed E-state index contributed by atoms with van der Waals surface area (Å²) in [6.07, 6.45) is 1.29. The lowest BCUT2D eigenvalue weighted by Gasteiger charge is -2.14. The Morgan fingerprint density at radius 3 is 2.95 bits per heavy atom. The van der Waals surface area contributed by atoms with E-state index in [2.05, 4.69) is 10.5 Å². The van der Waals surface area contributed by atoms with Crippen LogP contribution < -0.4 is 5.32 Å². The monoisotopic (exact) mass is 308 g/mol. The maximum atomic E-state index is 12.1. The summed E-state index contributed by atoms with van der Waals surface area (Å²) in [5.41, 5.74) is 0.157. The van der Waals surface area contributed by atoms with E-state index < -0.39 is 17.9 Å². The zero-order valence-electron chi connectivity index (χ0n) is 11.5. The van der Waals surface area contributed by atoms with Crippen molar-refractivity contribution in [2.24, 2.45) is 0 Å². The predicted molar refractivity (Wildman–Crippen MR) is 78.2 cm³/mol. The van der Waals surface area contributed by atoms with E-state index in [9.17, 15) is 9.59 Å². The molecule has 7 heteroatoms. The first-order valence-electron chi connectivity index (χ1n) is 6.63. The number of carbonyl (C=O) groups excluding carboxylic acids is 1. The molecule has 0 aliphatic carbocycles. The fraction of sp³-hybridized carbons (Fsp3) is 0.357. The van der Waals surface area contributed by atoms with E-state index in [4.69, 9.17) is 9.63 Å². The van der Waals surface area contributed by atoms with Crippen molar-refractivity contribution in [1.29, 1.82) is 0 Å². The molecule has 0 aromatic carbocycles. The first-order valence-corrected chi connectivity index (χ1v) is 7.51. The minimum absolute atomic E-state index is 0.102. The summed E-state index contributed by atoms with van der Waals surface area (Å²) in [6, 6.07) is 4.91. The van der Waals surface area contributed by atoms with Gasteiger partial charge in [-0.3, -0.25) is 9.59 Å². The number of rotatable bonds is 7. The zero-order valence-corrected chi connectivity index (χ0v) is 12.4. The van der Waals surface area contributed by atoms with Crippen LogP contribution in [-0.4, -0.2) is 28.2 Å². The maximum absolute atomic E-state index is 12.1. The first kappa shape index (κ1) is 15.2. The summed E-state index contributed by atoms with van der Waals surface area (Å²) in [4.78, 5) is 23.7. The molecule has 2 heterocycles. The molecule has 0 spiro atoms. The Morgan fingerprint density at radius 1 is 1.52 bits per heavy atom. The van der Waals surface area contributed by atoms with Crippen LogP contribution in [0, 0.1) is 0 Å². The van der Waals surface area contributed by atoms with Gasteiger partial charge in [0.05, 0.1) is 11.3 Å². The van der Waals surface area contributed by atoms with Gasteiger partial charge in [-0.05, 0) is 17.9 Å². The highest BCUT2D eigenvalue weighted by Crippen LogP contribution is 2.25. The van der Waals surface area contributed by atoms with Gasteiger partial charge in [-0.25, -0.2) is 0 Å². The number of carboxylic acid groups (broad SMARTS) is 1. The zero-order chi connectivity index (χ0) is 15.2. The van der Waals surface area contributed by atoms with Crippen molar-refractivity contribution in [3.8, 4) is 10.6 Å². The molecule has 2 aromatic heterocycles. The third kappa shape index (κ3) is 4.16. The average Bonchev–Trinajstić information content (AvgIpc) is 3.09. The molecule has 0 fully saturated rings. The second-order valence-electron chi connectivity index (χ2n) is 4.61. The molecule has 2 aromatic rings. The van der Waals surface area contributed by atoms with Gasteiger partial charge >= 0.3 is 5.97 Å². The molecule has 0 saturated heterocycles. The smallest absolute Gasteiger partial charge is 0.305 e. The highest BCUT2D eigenvalue weighted by molar-refractivity contribution is 7.13. The molecule has 1 unspecified atom stereocenters. The summed E-state index contributed by atoms with van der Waals surface area (Å²) in [6.45, 7) is 1.94. The fourth-order valence-electron chi connectivity index (χ4n) is 1.96. The summed E-state index contributed by atoms with van der Waals surface area (Å²) in [5, 5.41) is 17.2. The van der Waals surface area contributed by atoms with E-state index in [1.807, 2.05) is 24.4 Å². The van der Waals surface area contributed by atoms with Gasteiger partial charge in [-0.15, -0.1) is 11.3 Å². The van der Waals surface area contributed by atoms with Gasteiger partial charge in [-0.1, -0.05) is 24.6 Å². The van der Waals surface area contributed by atoms with Crippen LogP contribution in [0.25, 0.3) is 10.6 Å². The van der Waals surface area contributed by atoms with Crippen LogP contribution in [0.15, 0.2) is 28.1 Å². The highest BCUT2D eigenvalue weighted by atomic mass is 32.1. The summed E-state index contributed by atoms with van der Waals surface area (Å²) in [5.74, 6) is -0.824. The molecule has 2 rings (SSSR count). The lowest BCUT2D eigenvalue weighted by Crippen LogP contribution is -2.36. The lowest BCUT2D eigenvalue weighted by molar-refractivity contribution is -0.137. The van der Waals surface area contributed by atoms with Crippen molar-refractivity contribution in [1.82, 2.24) is 10.5 Å². The van der Waals surface area contributed by atoms with E-state index >= 15 is 0 Å². The van der Waals surface area contributed by atoms with Crippen LogP contribution in [-0.2, 0) is 4.79 Å². The number of aliphatic carboxylic acids is 1. The van der Waals surface area contributed by atoms with Crippen LogP contribution in [0.5, 0.6) is 0 Å². The van der Waals surface area contributed by atoms with Gasteiger partial charge in [0.25, 0.3) is 5.91 Å². The quantitative estimate of drug-likeness (QED) is 0.820. The predicted octanol–water partition coefficient (Wildman–Crippen LogP) is 2.78. The molecule has 6 nitrogen and oxygen atoms in total.